The predicted molar refractivity (Wildman–Crippen MR) is 74.8 cm³/mol. The van der Waals surface area contributed by atoms with Crippen LogP contribution < -0.4 is 5.32 Å². The van der Waals surface area contributed by atoms with Crippen LogP contribution in [-0.2, 0) is 6.54 Å². The quantitative estimate of drug-likeness (QED) is 0.922. The number of anilines is 2. The molecule has 2 rings (SSSR count). The number of halogens is 2. The van der Waals surface area contributed by atoms with E-state index in [0.717, 1.165) is 29.4 Å². The lowest BCUT2D eigenvalue weighted by Crippen LogP contribution is -2.03. The molecule has 96 valence electrons. The number of nitrogens with one attached hydrogen (secondary N) is 1. The van der Waals surface area contributed by atoms with Gasteiger partial charge in [0.2, 0.25) is 5.95 Å². The van der Waals surface area contributed by atoms with E-state index >= 15 is 0 Å². The minimum atomic E-state index is -0.283. The smallest absolute Gasteiger partial charge is 0.207 e. The van der Waals surface area contributed by atoms with Crippen molar-refractivity contribution >= 4 is 27.6 Å². The van der Waals surface area contributed by atoms with Gasteiger partial charge >= 0.3 is 0 Å². The van der Waals surface area contributed by atoms with Gasteiger partial charge in [-0.1, -0.05) is 0 Å². The summed E-state index contributed by atoms with van der Waals surface area (Å²) in [5.41, 5.74) is 2.64. The van der Waals surface area contributed by atoms with Crippen molar-refractivity contribution in [1.82, 2.24) is 9.55 Å². The summed E-state index contributed by atoms with van der Waals surface area (Å²) in [7, 11) is 0. The third-order valence-electron chi connectivity index (χ3n) is 2.75. The van der Waals surface area contributed by atoms with Gasteiger partial charge in [0.25, 0.3) is 0 Å². The first-order valence-corrected chi connectivity index (χ1v) is 6.57. The monoisotopic (exact) mass is 311 g/mol. The molecule has 0 aliphatic rings. The van der Waals surface area contributed by atoms with Gasteiger partial charge in [0.15, 0.2) is 0 Å². The molecular weight excluding hydrogens is 297 g/mol. The van der Waals surface area contributed by atoms with Crippen molar-refractivity contribution in [1.29, 1.82) is 0 Å². The molecule has 0 fully saturated rings. The molecule has 2 aromatic rings. The topological polar surface area (TPSA) is 29.9 Å². The summed E-state index contributed by atoms with van der Waals surface area (Å²) in [5, 5.41) is 3.17. The van der Waals surface area contributed by atoms with E-state index in [0.29, 0.717) is 4.47 Å². The molecule has 0 aliphatic heterocycles. The maximum Gasteiger partial charge on any atom is 0.207 e. The molecule has 0 saturated carbocycles. The number of nitrogens with zero attached hydrogens (tertiary/aromatic N) is 2. The molecule has 1 heterocycles. The Bertz CT molecular complexity index is 578. The van der Waals surface area contributed by atoms with Gasteiger partial charge in [-0.25, -0.2) is 9.37 Å². The van der Waals surface area contributed by atoms with Crippen LogP contribution in [0.5, 0.6) is 0 Å². The van der Waals surface area contributed by atoms with Crippen LogP contribution >= 0.6 is 15.9 Å². The Hall–Kier alpha value is -1.36. The highest BCUT2D eigenvalue weighted by Crippen LogP contribution is 2.26. The van der Waals surface area contributed by atoms with Crippen molar-refractivity contribution < 1.29 is 4.39 Å². The summed E-state index contributed by atoms with van der Waals surface area (Å²) in [5.74, 6) is 0.453. The Kier molecular flexibility index (Phi) is 3.71. The lowest BCUT2D eigenvalue weighted by molar-refractivity contribution is 0.621. The molecule has 0 atom stereocenters. The lowest BCUT2D eigenvalue weighted by Gasteiger charge is -2.11. The molecule has 3 nitrogen and oxygen atoms in total. The second-order valence-electron chi connectivity index (χ2n) is 4.20. The average molecular weight is 312 g/mol. The Morgan fingerprint density at radius 2 is 2.11 bits per heavy atom. The second-order valence-corrected chi connectivity index (χ2v) is 5.05. The zero-order valence-corrected chi connectivity index (χ0v) is 12.2. The minimum absolute atomic E-state index is 0.283. The van der Waals surface area contributed by atoms with E-state index < -0.39 is 0 Å². The van der Waals surface area contributed by atoms with Crippen LogP contribution in [0.4, 0.5) is 16.0 Å². The van der Waals surface area contributed by atoms with Crippen LogP contribution in [0.2, 0.25) is 0 Å². The van der Waals surface area contributed by atoms with Crippen molar-refractivity contribution in [3.8, 4) is 0 Å². The Balaban J connectivity index is 2.36. The number of imidazole rings is 1. The van der Waals surface area contributed by atoms with Crippen LogP contribution in [0.25, 0.3) is 0 Å². The fourth-order valence-corrected chi connectivity index (χ4v) is 2.25. The molecule has 1 aromatic heterocycles. The van der Waals surface area contributed by atoms with E-state index in [1.54, 1.807) is 6.07 Å². The van der Waals surface area contributed by atoms with E-state index in [1.807, 2.05) is 31.5 Å². The number of hydrogen-bond acceptors (Lipinski definition) is 2. The molecule has 0 bridgehead atoms. The van der Waals surface area contributed by atoms with E-state index in [2.05, 4.69) is 26.2 Å². The van der Waals surface area contributed by atoms with Crippen molar-refractivity contribution in [2.24, 2.45) is 0 Å². The Morgan fingerprint density at radius 1 is 1.39 bits per heavy atom. The largest absolute Gasteiger partial charge is 0.325 e. The van der Waals surface area contributed by atoms with Crippen LogP contribution in [0.15, 0.2) is 22.8 Å². The van der Waals surface area contributed by atoms with Gasteiger partial charge in [0, 0.05) is 18.4 Å². The summed E-state index contributed by atoms with van der Waals surface area (Å²) in [6, 6.07) is 3.23. The maximum atomic E-state index is 13.5. The van der Waals surface area contributed by atoms with Gasteiger partial charge in [-0.2, -0.15) is 0 Å². The number of aryl methyl sites for hydroxylation is 3. The molecule has 0 aliphatic carbocycles. The molecule has 1 aromatic carbocycles. The van der Waals surface area contributed by atoms with Crippen molar-refractivity contribution in [3.05, 3.63) is 39.9 Å². The van der Waals surface area contributed by atoms with Crippen molar-refractivity contribution in [3.63, 3.8) is 0 Å². The van der Waals surface area contributed by atoms with Crippen LogP contribution in [0.1, 0.15) is 18.2 Å². The molecular formula is C13H15BrFN3. The van der Waals surface area contributed by atoms with Crippen LogP contribution in [0, 0.1) is 19.7 Å². The average Bonchev–Trinajstić information content (AvgIpc) is 2.66. The molecule has 18 heavy (non-hydrogen) atoms. The molecule has 5 heteroatoms. The van der Waals surface area contributed by atoms with Gasteiger partial charge in [-0.15, -0.1) is 0 Å². The van der Waals surface area contributed by atoms with E-state index in [4.69, 9.17) is 0 Å². The number of aromatic nitrogens is 2. The van der Waals surface area contributed by atoms with Gasteiger partial charge in [-0.3, -0.25) is 0 Å². The summed E-state index contributed by atoms with van der Waals surface area (Å²) in [4.78, 5) is 4.39. The second kappa shape index (κ2) is 5.10. The van der Waals surface area contributed by atoms with Gasteiger partial charge < -0.3 is 9.88 Å². The molecule has 0 saturated heterocycles. The van der Waals surface area contributed by atoms with Gasteiger partial charge in [-0.05, 0) is 54.4 Å². The summed E-state index contributed by atoms with van der Waals surface area (Å²) in [6.07, 6.45) is 1.97. The Labute approximate surface area is 114 Å². The SMILES string of the molecule is CCn1cc(C)nc1Nc1cc(F)c(Br)cc1C. The third kappa shape index (κ3) is 2.56. The predicted octanol–water partition coefficient (Wildman–Crippen LogP) is 4.17. The fourth-order valence-electron chi connectivity index (χ4n) is 1.79. The van der Waals surface area contributed by atoms with E-state index in [9.17, 15) is 4.39 Å². The first kappa shape index (κ1) is 13.1. The van der Waals surface area contributed by atoms with Crippen LogP contribution in [-0.4, -0.2) is 9.55 Å². The number of hydrogen-bond donors (Lipinski definition) is 1. The molecule has 0 unspecified atom stereocenters. The Morgan fingerprint density at radius 3 is 2.78 bits per heavy atom. The highest BCUT2D eigenvalue weighted by Gasteiger charge is 2.09. The molecule has 0 amide bonds. The van der Waals surface area contributed by atoms with Crippen molar-refractivity contribution in [2.75, 3.05) is 5.32 Å². The fraction of sp³-hybridized carbons (Fsp3) is 0.308. The zero-order valence-electron chi connectivity index (χ0n) is 10.6. The van der Waals surface area contributed by atoms with Gasteiger partial charge in [0.1, 0.15) is 5.82 Å². The standard InChI is InChI=1S/C13H15BrFN3/c1-4-18-7-9(3)16-13(18)17-12-6-11(15)10(14)5-8(12)2/h5-7H,4H2,1-3H3,(H,16,17). The molecule has 0 radical (unpaired) electrons. The highest BCUT2D eigenvalue weighted by atomic mass is 79.9. The lowest BCUT2D eigenvalue weighted by atomic mass is 10.2. The zero-order chi connectivity index (χ0) is 13.3. The van der Waals surface area contributed by atoms with E-state index in [-0.39, 0.29) is 5.82 Å². The first-order valence-electron chi connectivity index (χ1n) is 5.77. The highest BCUT2D eigenvalue weighted by molar-refractivity contribution is 9.10. The molecule has 0 spiro atoms. The summed E-state index contributed by atoms with van der Waals surface area (Å²) >= 11 is 3.17. The van der Waals surface area contributed by atoms with Crippen LogP contribution in [0.3, 0.4) is 0 Å². The summed E-state index contributed by atoms with van der Waals surface area (Å²) in [6.45, 7) is 6.73. The minimum Gasteiger partial charge on any atom is -0.325 e. The van der Waals surface area contributed by atoms with Gasteiger partial charge in [0.05, 0.1) is 10.2 Å². The van der Waals surface area contributed by atoms with Crippen molar-refractivity contribution in [2.45, 2.75) is 27.3 Å². The van der Waals surface area contributed by atoms with E-state index in [1.165, 1.54) is 6.07 Å². The maximum absolute atomic E-state index is 13.5. The number of rotatable bonds is 3. The third-order valence-corrected chi connectivity index (χ3v) is 3.36. The summed E-state index contributed by atoms with van der Waals surface area (Å²) < 4.78 is 16.0. The number of benzene rings is 1. The first-order chi connectivity index (χ1) is 8.51. The normalized spacial score (nSPS) is 10.7. The molecule has 1 N–H and O–H groups in total.